The van der Waals surface area contributed by atoms with E-state index in [4.69, 9.17) is 11.6 Å². The molecule has 1 saturated heterocycles. The van der Waals surface area contributed by atoms with E-state index in [-0.39, 0.29) is 4.21 Å². The van der Waals surface area contributed by atoms with Gasteiger partial charge in [0.25, 0.3) is 10.0 Å². The maximum Gasteiger partial charge on any atom is 0.252 e. The predicted molar refractivity (Wildman–Crippen MR) is 72.6 cm³/mol. The molecule has 18 heavy (non-hydrogen) atoms. The van der Waals surface area contributed by atoms with Crippen LogP contribution in [0.3, 0.4) is 0 Å². The molecular weight excluding hydrogens is 294 g/mol. The summed E-state index contributed by atoms with van der Waals surface area (Å²) in [5.74, 6) is 0. The first-order valence-corrected chi connectivity index (χ1v) is 8.43. The van der Waals surface area contributed by atoms with Crippen LogP contribution >= 0.6 is 22.9 Å². The molecule has 0 aromatic carbocycles. The van der Waals surface area contributed by atoms with Crippen molar-refractivity contribution >= 4 is 33.0 Å². The highest BCUT2D eigenvalue weighted by atomic mass is 35.5. The molecule has 1 fully saturated rings. The van der Waals surface area contributed by atoms with Gasteiger partial charge in [0.15, 0.2) is 0 Å². The van der Waals surface area contributed by atoms with Gasteiger partial charge in [-0.1, -0.05) is 11.6 Å². The fourth-order valence-corrected chi connectivity index (χ4v) is 5.16. The maximum atomic E-state index is 12.4. The molecule has 102 valence electrons. The lowest BCUT2D eigenvalue weighted by atomic mass is 9.98. The molecule has 0 radical (unpaired) electrons. The summed E-state index contributed by atoms with van der Waals surface area (Å²) in [4.78, 5) is 0. The lowest BCUT2D eigenvalue weighted by Gasteiger charge is -2.21. The van der Waals surface area contributed by atoms with Crippen LogP contribution in [0.2, 0.25) is 4.34 Å². The molecule has 0 bridgehead atoms. The van der Waals surface area contributed by atoms with Crippen molar-refractivity contribution in [2.45, 2.75) is 36.0 Å². The van der Waals surface area contributed by atoms with E-state index in [9.17, 15) is 13.5 Å². The second-order valence-electron chi connectivity index (χ2n) is 4.81. The van der Waals surface area contributed by atoms with Crippen LogP contribution < -0.4 is 0 Å². The number of rotatable bonds is 2. The van der Waals surface area contributed by atoms with E-state index in [1.165, 1.54) is 10.4 Å². The minimum absolute atomic E-state index is 0.272. The van der Waals surface area contributed by atoms with Crippen molar-refractivity contribution in [3.8, 4) is 0 Å². The van der Waals surface area contributed by atoms with Gasteiger partial charge in [0.2, 0.25) is 0 Å². The Bertz CT molecular complexity index is 524. The molecule has 1 N–H and O–H groups in total. The summed E-state index contributed by atoms with van der Waals surface area (Å²) in [6.45, 7) is 2.56. The zero-order chi connectivity index (χ0) is 13.4. The Kier molecular flexibility index (Phi) is 4.04. The molecule has 2 heterocycles. The molecule has 0 amide bonds. The predicted octanol–water partition coefficient (Wildman–Crippen LogP) is 2.33. The zero-order valence-corrected chi connectivity index (χ0v) is 12.5. The van der Waals surface area contributed by atoms with E-state index in [0.717, 1.165) is 11.3 Å². The molecule has 0 saturated carbocycles. The molecule has 0 aliphatic carbocycles. The average Bonchev–Trinajstić information content (AvgIpc) is 2.61. The normalized spacial score (nSPS) is 27.1. The van der Waals surface area contributed by atoms with Crippen LogP contribution in [-0.4, -0.2) is 36.5 Å². The first-order chi connectivity index (χ1) is 8.31. The second kappa shape index (κ2) is 5.09. The van der Waals surface area contributed by atoms with Crippen molar-refractivity contribution in [3.05, 3.63) is 16.5 Å². The number of thiophene rings is 1. The Hall–Kier alpha value is -0.140. The Morgan fingerprint density at radius 2 is 2.11 bits per heavy atom. The van der Waals surface area contributed by atoms with E-state index in [1.807, 2.05) is 0 Å². The summed E-state index contributed by atoms with van der Waals surface area (Å²) in [7, 11) is -3.46. The van der Waals surface area contributed by atoms with Gasteiger partial charge in [0.1, 0.15) is 4.21 Å². The van der Waals surface area contributed by atoms with Gasteiger partial charge in [-0.2, -0.15) is 4.31 Å². The summed E-state index contributed by atoms with van der Waals surface area (Å²) in [6, 6.07) is 3.12. The number of nitrogens with zero attached hydrogens (tertiary/aromatic N) is 1. The summed E-state index contributed by atoms with van der Waals surface area (Å²) in [5, 5.41) is 9.97. The van der Waals surface area contributed by atoms with Crippen LogP contribution in [0.4, 0.5) is 0 Å². The monoisotopic (exact) mass is 309 g/mol. The van der Waals surface area contributed by atoms with Crippen LogP contribution in [0.5, 0.6) is 0 Å². The Labute approximate surface area is 116 Å². The quantitative estimate of drug-likeness (QED) is 0.912. The second-order valence-corrected chi connectivity index (χ2v) is 8.69. The summed E-state index contributed by atoms with van der Waals surface area (Å²) in [5.41, 5.74) is -0.767. The third kappa shape index (κ3) is 3.05. The molecule has 1 aromatic rings. The highest BCUT2D eigenvalue weighted by Crippen LogP contribution is 2.30. The number of aliphatic hydroxyl groups is 1. The van der Waals surface area contributed by atoms with Crippen LogP contribution in [0, 0.1) is 0 Å². The molecular formula is C11H16ClNO3S2. The summed E-state index contributed by atoms with van der Waals surface area (Å²) < 4.78 is 26.9. The Balaban J connectivity index is 2.21. The van der Waals surface area contributed by atoms with Crippen LogP contribution in [0.15, 0.2) is 16.3 Å². The highest BCUT2D eigenvalue weighted by Gasteiger charge is 2.32. The SMILES string of the molecule is CC1(O)CCCN(S(=O)(=O)c2ccc(Cl)s2)CC1. The van der Waals surface area contributed by atoms with Crippen molar-refractivity contribution in [1.29, 1.82) is 0 Å². The Morgan fingerprint density at radius 3 is 2.72 bits per heavy atom. The molecule has 7 heteroatoms. The lowest BCUT2D eigenvalue weighted by Crippen LogP contribution is -2.33. The van der Waals surface area contributed by atoms with Gasteiger partial charge in [-0.15, -0.1) is 11.3 Å². The van der Waals surface area contributed by atoms with E-state index in [2.05, 4.69) is 0 Å². The maximum absolute atomic E-state index is 12.4. The van der Waals surface area contributed by atoms with Gasteiger partial charge in [-0.05, 0) is 38.3 Å². The van der Waals surface area contributed by atoms with Crippen molar-refractivity contribution in [2.24, 2.45) is 0 Å². The van der Waals surface area contributed by atoms with E-state index >= 15 is 0 Å². The van der Waals surface area contributed by atoms with Crippen molar-refractivity contribution in [3.63, 3.8) is 0 Å². The smallest absolute Gasteiger partial charge is 0.252 e. The van der Waals surface area contributed by atoms with Crippen molar-refractivity contribution in [2.75, 3.05) is 13.1 Å². The van der Waals surface area contributed by atoms with Gasteiger partial charge in [-0.3, -0.25) is 0 Å². The van der Waals surface area contributed by atoms with Gasteiger partial charge in [0, 0.05) is 13.1 Å². The van der Waals surface area contributed by atoms with Gasteiger partial charge < -0.3 is 5.11 Å². The van der Waals surface area contributed by atoms with Crippen LogP contribution in [-0.2, 0) is 10.0 Å². The van der Waals surface area contributed by atoms with Gasteiger partial charge in [-0.25, -0.2) is 8.42 Å². The van der Waals surface area contributed by atoms with E-state index in [1.54, 1.807) is 13.0 Å². The Morgan fingerprint density at radius 1 is 1.39 bits per heavy atom. The molecule has 4 nitrogen and oxygen atoms in total. The van der Waals surface area contributed by atoms with Gasteiger partial charge >= 0.3 is 0 Å². The zero-order valence-electron chi connectivity index (χ0n) is 10.1. The topological polar surface area (TPSA) is 57.6 Å². The molecule has 1 unspecified atom stereocenters. The summed E-state index contributed by atoms with van der Waals surface area (Å²) >= 11 is 6.85. The standard InChI is InChI=1S/C11H16ClNO3S2/c1-11(14)5-2-7-13(8-6-11)18(15,16)10-4-3-9(12)17-10/h3-4,14H,2,5-8H2,1H3. The van der Waals surface area contributed by atoms with Gasteiger partial charge in [0.05, 0.1) is 9.94 Å². The number of sulfonamides is 1. The van der Waals surface area contributed by atoms with E-state index in [0.29, 0.717) is 36.7 Å². The number of hydrogen-bond donors (Lipinski definition) is 1. The molecule has 0 spiro atoms. The van der Waals surface area contributed by atoms with Crippen molar-refractivity contribution < 1.29 is 13.5 Å². The fraction of sp³-hybridized carbons (Fsp3) is 0.636. The first kappa shape index (κ1) is 14.3. The molecule has 1 aliphatic rings. The number of halogens is 1. The molecule has 2 rings (SSSR count). The van der Waals surface area contributed by atoms with Crippen molar-refractivity contribution in [1.82, 2.24) is 4.31 Å². The average molecular weight is 310 g/mol. The highest BCUT2D eigenvalue weighted by molar-refractivity contribution is 7.91. The minimum Gasteiger partial charge on any atom is -0.390 e. The minimum atomic E-state index is -3.46. The lowest BCUT2D eigenvalue weighted by molar-refractivity contribution is 0.0465. The fourth-order valence-electron chi connectivity index (χ4n) is 2.04. The largest absolute Gasteiger partial charge is 0.390 e. The molecule has 1 aliphatic heterocycles. The third-order valence-electron chi connectivity index (χ3n) is 3.17. The number of hydrogen-bond acceptors (Lipinski definition) is 4. The first-order valence-electron chi connectivity index (χ1n) is 5.79. The molecule has 1 aromatic heterocycles. The molecule has 1 atom stereocenters. The van der Waals surface area contributed by atoms with Crippen LogP contribution in [0.25, 0.3) is 0 Å². The summed E-state index contributed by atoms with van der Waals surface area (Å²) in [6.07, 6.45) is 1.76. The third-order valence-corrected chi connectivity index (χ3v) is 6.76. The van der Waals surface area contributed by atoms with Crippen LogP contribution in [0.1, 0.15) is 26.2 Å². The van der Waals surface area contributed by atoms with E-state index < -0.39 is 15.6 Å².